The van der Waals surface area contributed by atoms with Gasteiger partial charge in [0.15, 0.2) is 11.6 Å². The van der Waals surface area contributed by atoms with Crippen molar-refractivity contribution in [2.24, 2.45) is 29.1 Å². The van der Waals surface area contributed by atoms with Gasteiger partial charge in [0.05, 0.1) is 39.5 Å². The van der Waals surface area contributed by atoms with Crippen LogP contribution in [0.3, 0.4) is 0 Å². The Hall–Kier alpha value is -5.19. The second-order valence-corrected chi connectivity index (χ2v) is 12.0. The Bertz CT molecular complexity index is 1820. The molecule has 4 aliphatic rings. The molecule has 7 rings (SSSR count). The van der Waals surface area contributed by atoms with E-state index in [0.717, 1.165) is 15.9 Å². The Morgan fingerprint density at radius 2 is 1.59 bits per heavy atom. The molecular weight excluding hydrogens is 569 g/mol. The van der Waals surface area contributed by atoms with Crippen molar-refractivity contribution < 1.29 is 33.6 Å². The number of aromatic hydroxyl groups is 1. The van der Waals surface area contributed by atoms with Gasteiger partial charge in [-0.2, -0.15) is 0 Å². The topological polar surface area (TPSA) is 138 Å². The molecular formula is C33H26FN3O7. The third-order valence-electron chi connectivity index (χ3n) is 9.92. The number of para-hydroxylation sites is 2. The minimum atomic E-state index is -1.43. The van der Waals surface area contributed by atoms with Crippen molar-refractivity contribution in [2.75, 3.05) is 9.80 Å². The number of anilines is 2. The van der Waals surface area contributed by atoms with Gasteiger partial charge >= 0.3 is 0 Å². The average Bonchev–Trinajstić information content (AvgIpc) is 3.38. The number of nitro benzene ring substituents is 1. The SMILES string of the molecule is CC12C(=O)N(c3ccccc3)C(=O)C1CC1C(=CCC3C(=O)N(c4cccc([N+](=O)[O-])c4)C(=O)C31)C2c1cccc(F)c1O. The molecule has 44 heavy (non-hydrogen) atoms. The van der Waals surface area contributed by atoms with E-state index in [2.05, 4.69) is 0 Å². The summed E-state index contributed by atoms with van der Waals surface area (Å²) in [5.74, 6) is -7.89. The fraction of sp³-hybridized carbons (Fsp3) is 0.273. The van der Waals surface area contributed by atoms with Crippen molar-refractivity contribution in [1.82, 2.24) is 0 Å². The van der Waals surface area contributed by atoms with Crippen molar-refractivity contribution in [2.45, 2.75) is 25.7 Å². The number of fused-ring (bicyclic) bond motifs is 4. The monoisotopic (exact) mass is 595 g/mol. The average molecular weight is 596 g/mol. The first-order chi connectivity index (χ1) is 21.1. The van der Waals surface area contributed by atoms with Gasteiger partial charge in [0, 0.05) is 23.6 Å². The van der Waals surface area contributed by atoms with E-state index in [-0.39, 0.29) is 29.8 Å². The predicted molar refractivity (Wildman–Crippen MR) is 155 cm³/mol. The third-order valence-corrected chi connectivity index (χ3v) is 9.92. The standard InChI is InChI=1S/C33H26FN3O7/c1-33-24(30(40)36(32(33)42)17-7-3-2-4-8-17)16-23-20(27(33)22-11-6-12-25(34)28(22)38)13-14-21-26(23)31(41)35(29(21)39)18-9-5-10-19(15-18)37(43)44/h2-13,15,21,23-24,26-27,38H,14,16H2,1H3. The Labute approximate surface area is 250 Å². The van der Waals surface area contributed by atoms with Gasteiger partial charge in [0.25, 0.3) is 5.69 Å². The van der Waals surface area contributed by atoms with E-state index in [1.54, 1.807) is 43.3 Å². The summed E-state index contributed by atoms with van der Waals surface area (Å²) in [5.41, 5.74) is -0.549. The number of phenols is 1. The van der Waals surface area contributed by atoms with Crippen LogP contribution in [0.15, 0.2) is 84.4 Å². The van der Waals surface area contributed by atoms with Crippen LogP contribution >= 0.6 is 0 Å². The lowest BCUT2D eigenvalue weighted by atomic mass is 9.51. The zero-order valence-corrected chi connectivity index (χ0v) is 23.4. The minimum absolute atomic E-state index is 0.0752. The van der Waals surface area contributed by atoms with Crippen LogP contribution in [0.2, 0.25) is 0 Å². The number of imide groups is 2. The molecule has 2 aliphatic carbocycles. The highest BCUT2D eigenvalue weighted by atomic mass is 19.1. The van der Waals surface area contributed by atoms with E-state index < -0.39 is 75.1 Å². The Morgan fingerprint density at radius 1 is 0.886 bits per heavy atom. The molecule has 4 amide bonds. The molecule has 0 spiro atoms. The number of hydrogen-bond acceptors (Lipinski definition) is 7. The number of phenolic OH excluding ortho intramolecular Hbond substituents is 1. The summed E-state index contributed by atoms with van der Waals surface area (Å²) in [7, 11) is 0. The molecule has 222 valence electrons. The molecule has 0 bridgehead atoms. The van der Waals surface area contributed by atoms with Crippen molar-refractivity contribution in [3.8, 4) is 5.75 Å². The van der Waals surface area contributed by atoms with E-state index in [9.17, 15) is 38.8 Å². The van der Waals surface area contributed by atoms with Gasteiger partial charge in [-0.1, -0.05) is 48.0 Å². The van der Waals surface area contributed by atoms with E-state index in [0.29, 0.717) is 11.3 Å². The number of rotatable bonds is 4. The summed E-state index contributed by atoms with van der Waals surface area (Å²) < 4.78 is 14.8. The van der Waals surface area contributed by atoms with Gasteiger partial charge in [-0.3, -0.25) is 29.3 Å². The summed E-state index contributed by atoms with van der Waals surface area (Å²) in [6.45, 7) is 1.65. The van der Waals surface area contributed by atoms with Gasteiger partial charge in [-0.15, -0.1) is 0 Å². The van der Waals surface area contributed by atoms with Crippen LogP contribution in [0.1, 0.15) is 31.2 Å². The second-order valence-electron chi connectivity index (χ2n) is 12.0. The van der Waals surface area contributed by atoms with Crippen molar-refractivity contribution in [1.29, 1.82) is 0 Å². The summed E-state index contributed by atoms with van der Waals surface area (Å²) >= 11 is 0. The van der Waals surface area contributed by atoms with Crippen molar-refractivity contribution in [3.05, 3.63) is 106 Å². The molecule has 10 nitrogen and oxygen atoms in total. The first kappa shape index (κ1) is 27.6. The molecule has 11 heteroatoms. The van der Waals surface area contributed by atoms with Crippen LogP contribution in [0.5, 0.6) is 5.75 Å². The van der Waals surface area contributed by atoms with E-state index in [1.165, 1.54) is 36.4 Å². The largest absolute Gasteiger partial charge is 0.505 e. The number of amides is 4. The molecule has 1 saturated carbocycles. The number of hydrogen-bond donors (Lipinski definition) is 1. The van der Waals surface area contributed by atoms with Gasteiger partial charge < -0.3 is 5.11 Å². The van der Waals surface area contributed by atoms with Gasteiger partial charge in [-0.05, 0) is 49.9 Å². The molecule has 3 aromatic rings. The molecule has 1 N–H and O–H groups in total. The van der Waals surface area contributed by atoms with Crippen molar-refractivity contribution >= 4 is 40.7 Å². The smallest absolute Gasteiger partial charge is 0.271 e. The summed E-state index contributed by atoms with van der Waals surface area (Å²) in [5, 5.41) is 22.4. The number of non-ortho nitro benzene ring substituents is 1. The molecule has 6 unspecified atom stereocenters. The van der Waals surface area contributed by atoms with Crippen LogP contribution in [0.25, 0.3) is 0 Å². The van der Waals surface area contributed by atoms with E-state index >= 15 is 0 Å². The highest BCUT2D eigenvalue weighted by molar-refractivity contribution is 6.25. The quantitative estimate of drug-likeness (QED) is 0.196. The number of halogens is 1. The first-order valence-electron chi connectivity index (χ1n) is 14.3. The molecule has 0 radical (unpaired) electrons. The maximum Gasteiger partial charge on any atom is 0.271 e. The van der Waals surface area contributed by atoms with Gasteiger partial charge in [0.1, 0.15) is 0 Å². The Morgan fingerprint density at radius 3 is 2.32 bits per heavy atom. The zero-order valence-electron chi connectivity index (χ0n) is 23.4. The first-order valence-corrected chi connectivity index (χ1v) is 14.3. The molecule has 2 heterocycles. The summed E-state index contributed by atoms with van der Waals surface area (Å²) in [6, 6.07) is 17.8. The number of carbonyl (C=O) groups excluding carboxylic acids is 4. The molecule has 2 aliphatic heterocycles. The number of nitro groups is 1. The third kappa shape index (κ3) is 3.64. The second kappa shape index (κ2) is 9.66. The van der Waals surface area contributed by atoms with E-state index in [1.807, 2.05) is 0 Å². The lowest BCUT2D eigenvalue weighted by Crippen LogP contribution is -2.49. The molecule has 3 fully saturated rings. The lowest BCUT2D eigenvalue weighted by molar-refractivity contribution is -0.384. The van der Waals surface area contributed by atoms with Crippen LogP contribution in [-0.4, -0.2) is 33.7 Å². The Kier molecular flexibility index (Phi) is 6.07. The number of benzene rings is 3. The Balaban J connectivity index is 1.37. The highest BCUT2D eigenvalue weighted by Crippen LogP contribution is 2.64. The van der Waals surface area contributed by atoms with Crippen molar-refractivity contribution in [3.63, 3.8) is 0 Å². The maximum absolute atomic E-state index is 14.8. The number of carbonyl (C=O) groups is 4. The van der Waals surface area contributed by atoms with Gasteiger partial charge in [0.2, 0.25) is 23.6 Å². The predicted octanol–water partition coefficient (Wildman–Crippen LogP) is 4.87. The number of nitrogens with zero attached hydrogens (tertiary/aromatic N) is 3. The molecule has 6 atom stereocenters. The molecule has 2 saturated heterocycles. The highest BCUT2D eigenvalue weighted by Gasteiger charge is 2.68. The van der Waals surface area contributed by atoms with Crippen LogP contribution < -0.4 is 9.80 Å². The van der Waals surface area contributed by atoms with Crippen LogP contribution in [0.4, 0.5) is 21.5 Å². The normalized spacial score (nSPS) is 29.3. The zero-order chi connectivity index (χ0) is 31.1. The van der Waals surface area contributed by atoms with Crippen LogP contribution in [-0.2, 0) is 19.2 Å². The van der Waals surface area contributed by atoms with E-state index in [4.69, 9.17) is 0 Å². The summed E-state index contributed by atoms with van der Waals surface area (Å²) in [6.07, 6.45) is 1.99. The number of allylic oxidation sites excluding steroid dienone is 2. The fourth-order valence-electron chi connectivity index (χ4n) is 7.95. The minimum Gasteiger partial charge on any atom is -0.505 e. The summed E-state index contributed by atoms with van der Waals surface area (Å²) in [4.78, 5) is 69.1. The molecule has 3 aromatic carbocycles. The van der Waals surface area contributed by atoms with Gasteiger partial charge in [-0.25, -0.2) is 14.2 Å². The van der Waals surface area contributed by atoms with Crippen LogP contribution in [0, 0.1) is 45.0 Å². The maximum atomic E-state index is 14.8. The fourth-order valence-corrected chi connectivity index (χ4v) is 7.95. The lowest BCUT2D eigenvalue weighted by Gasteiger charge is -2.49. The molecule has 0 aromatic heterocycles.